The second kappa shape index (κ2) is 10.5. The number of hydrogen-bond acceptors (Lipinski definition) is 8. The normalized spacial score (nSPS) is 16.6. The minimum atomic E-state index is -0.884. The van der Waals surface area contributed by atoms with Gasteiger partial charge in [0.15, 0.2) is 0 Å². The fourth-order valence-corrected chi connectivity index (χ4v) is 5.06. The molecule has 0 aliphatic carbocycles. The second-order valence-corrected chi connectivity index (χ2v) is 10.0. The second-order valence-electron chi connectivity index (χ2n) is 8.85. The van der Waals surface area contributed by atoms with Crippen LogP contribution in [0.25, 0.3) is 5.76 Å². The molecule has 1 aromatic heterocycles. The number of Topliss-reactive ketones (excluding diaryl/α,β-unsaturated/α-hetero) is 1. The molecule has 1 saturated heterocycles. The van der Waals surface area contributed by atoms with E-state index in [2.05, 4.69) is 16.3 Å². The largest absolute Gasteiger partial charge is 0.507 e. The molecule has 0 bridgehead atoms. The molecule has 0 saturated carbocycles. The Morgan fingerprint density at radius 3 is 2.32 bits per heavy atom. The Morgan fingerprint density at radius 1 is 0.974 bits per heavy atom. The number of ether oxygens (including phenoxy) is 2. The van der Waals surface area contributed by atoms with Crippen molar-refractivity contribution in [3.63, 3.8) is 0 Å². The van der Waals surface area contributed by atoms with Crippen molar-refractivity contribution >= 4 is 33.9 Å². The summed E-state index contributed by atoms with van der Waals surface area (Å²) in [6.07, 6.45) is 0. The fourth-order valence-electron chi connectivity index (χ4n) is 4.35. The van der Waals surface area contributed by atoms with E-state index in [0.717, 1.165) is 11.1 Å². The Kier molecular flexibility index (Phi) is 6.93. The van der Waals surface area contributed by atoms with Crippen LogP contribution in [0.3, 0.4) is 0 Å². The summed E-state index contributed by atoms with van der Waals surface area (Å²) in [6, 6.07) is 20.9. The van der Waals surface area contributed by atoms with Crippen molar-refractivity contribution in [2.45, 2.75) is 26.5 Å². The van der Waals surface area contributed by atoms with Crippen molar-refractivity contribution in [2.24, 2.45) is 0 Å². The van der Waals surface area contributed by atoms with Gasteiger partial charge in [-0.3, -0.25) is 14.5 Å². The number of methoxy groups -OCH3 is 1. The van der Waals surface area contributed by atoms with Crippen LogP contribution in [0.2, 0.25) is 0 Å². The van der Waals surface area contributed by atoms with E-state index in [0.29, 0.717) is 34.2 Å². The van der Waals surface area contributed by atoms with Crippen molar-refractivity contribution in [2.75, 3.05) is 12.0 Å². The minimum Gasteiger partial charge on any atom is -0.507 e. The summed E-state index contributed by atoms with van der Waals surface area (Å²) in [6.45, 7) is 4.19. The third-order valence-electron chi connectivity index (χ3n) is 6.21. The van der Waals surface area contributed by atoms with E-state index in [-0.39, 0.29) is 16.5 Å². The van der Waals surface area contributed by atoms with Gasteiger partial charge in [0.1, 0.15) is 28.9 Å². The van der Waals surface area contributed by atoms with Gasteiger partial charge in [0, 0.05) is 5.56 Å². The third-order valence-corrected chi connectivity index (χ3v) is 7.05. The topological polar surface area (TPSA) is 102 Å². The molecule has 0 radical (unpaired) electrons. The molecular weight excluding hydrogens is 502 g/mol. The molecule has 1 fully saturated rings. The number of nitrogens with zero attached hydrogens (tertiary/aromatic N) is 3. The molecule has 3 aromatic carbocycles. The van der Waals surface area contributed by atoms with E-state index in [9.17, 15) is 14.7 Å². The lowest BCUT2D eigenvalue weighted by atomic mass is 9.95. The minimum absolute atomic E-state index is 0.0264. The number of ketones is 1. The van der Waals surface area contributed by atoms with Gasteiger partial charge in [-0.1, -0.05) is 53.3 Å². The number of amides is 1. The van der Waals surface area contributed by atoms with Gasteiger partial charge in [-0.05, 0) is 61.4 Å². The number of aromatic nitrogens is 2. The number of carbonyl (C=O) groups is 2. The van der Waals surface area contributed by atoms with E-state index in [1.54, 1.807) is 62.6 Å². The van der Waals surface area contributed by atoms with Gasteiger partial charge >= 0.3 is 5.91 Å². The Morgan fingerprint density at radius 2 is 1.68 bits per heavy atom. The first kappa shape index (κ1) is 25.2. The number of hydrogen-bond donors (Lipinski definition) is 1. The van der Waals surface area contributed by atoms with Crippen molar-refractivity contribution in [3.05, 3.63) is 106 Å². The monoisotopic (exact) mass is 527 g/mol. The number of aliphatic hydroxyl groups excluding tert-OH is 1. The lowest BCUT2D eigenvalue weighted by molar-refractivity contribution is -0.132. The van der Waals surface area contributed by atoms with Gasteiger partial charge in [-0.25, -0.2) is 0 Å². The van der Waals surface area contributed by atoms with Crippen LogP contribution < -0.4 is 14.4 Å². The molecule has 192 valence electrons. The number of carbonyl (C=O) groups excluding carboxylic acids is 2. The molecule has 1 amide bonds. The number of anilines is 1. The zero-order valence-electron chi connectivity index (χ0n) is 21.0. The third kappa shape index (κ3) is 4.88. The molecule has 1 aliphatic heterocycles. The molecule has 5 rings (SSSR count). The Balaban J connectivity index is 1.50. The van der Waals surface area contributed by atoms with Crippen LogP contribution in [0.4, 0.5) is 5.13 Å². The molecule has 0 spiro atoms. The van der Waals surface area contributed by atoms with Crippen LogP contribution in [-0.4, -0.2) is 34.1 Å². The van der Waals surface area contributed by atoms with Crippen molar-refractivity contribution in [1.29, 1.82) is 0 Å². The zero-order valence-corrected chi connectivity index (χ0v) is 21.9. The quantitative estimate of drug-likeness (QED) is 0.196. The van der Waals surface area contributed by atoms with E-state index in [1.165, 1.54) is 16.2 Å². The highest BCUT2D eigenvalue weighted by molar-refractivity contribution is 7.15. The van der Waals surface area contributed by atoms with Crippen molar-refractivity contribution in [3.8, 4) is 11.5 Å². The average molecular weight is 528 g/mol. The van der Waals surface area contributed by atoms with Gasteiger partial charge in [0.25, 0.3) is 5.78 Å². The van der Waals surface area contributed by atoms with Gasteiger partial charge in [0.05, 0.1) is 18.7 Å². The molecule has 9 heteroatoms. The van der Waals surface area contributed by atoms with E-state index >= 15 is 0 Å². The standard InChI is InChI=1S/C29H25N3O5S/c1-17-5-4-6-19(15-17)16-37-23-13-9-21(10-14-23)26(33)24-25(20-7-11-22(36-3)12-8-20)32(28(35)27(24)34)29-31-30-18(2)38-29/h4-15,25,33H,16H2,1-3H3/t25-/m1/s1. The number of rotatable bonds is 7. The zero-order chi connectivity index (χ0) is 26.8. The molecule has 4 aromatic rings. The summed E-state index contributed by atoms with van der Waals surface area (Å²) in [7, 11) is 1.55. The van der Waals surface area contributed by atoms with Gasteiger partial charge in [-0.2, -0.15) is 0 Å². The maximum absolute atomic E-state index is 13.3. The molecule has 2 heterocycles. The predicted octanol–water partition coefficient (Wildman–Crippen LogP) is 5.37. The predicted molar refractivity (Wildman–Crippen MR) is 144 cm³/mol. The van der Waals surface area contributed by atoms with Crippen molar-refractivity contribution < 1.29 is 24.2 Å². The molecule has 1 aliphatic rings. The van der Waals surface area contributed by atoms with Gasteiger partial charge in [0.2, 0.25) is 5.13 Å². The molecule has 8 nitrogen and oxygen atoms in total. The van der Waals surface area contributed by atoms with Crippen LogP contribution in [0, 0.1) is 13.8 Å². The Bertz CT molecular complexity index is 1530. The molecular formula is C29H25N3O5S. The highest BCUT2D eigenvalue weighted by atomic mass is 32.1. The molecule has 38 heavy (non-hydrogen) atoms. The Hall–Kier alpha value is -4.50. The first-order chi connectivity index (χ1) is 18.4. The fraction of sp³-hybridized carbons (Fsp3) is 0.172. The van der Waals surface area contributed by atoms with Crippen LogP contribution >= 0.6 is 11.3 Å². The van der Waals surface area contributed by atoms with Crippen molar-refractivity contribution in [1.82, 2.24) is 10.2 Å². The lowest BCUT2D eigenvalue weighted by Gasteiger charge is -2.22. The first-order valence-corrected chi connectivity index (χ1v) is 12.7. The van der Waals surface area contributed by atoms with Gasteiger partial charge < -0.3 is 14.6 Å². The van der Waals surface area contributed by atoms with E-state index in [4.69, 9.17) is 9.47 Å². The van der Waals surface area contributed by atoms with E-state index in [1.807, 2.05) is 25.1 Å². The Labute approximate surface area is 223 Å². The summed E-state index contributed by atoms with van der Waals surface area (Å²) in [5.74, 6) is -0.617. The first-order valence-electron chi connectivity index (χ1n) is 11.9. The van der Waals surface area contributed by atoms with Crippen LogP contribution in [-0.2, 0) is 16.2 Å². The molecule has 0 unspecified atom stereocenters. The summed E-state index contributed by atoms with van der Waals surface area (Å²) in [5.41, 5.74) is 3.18. The lowest BCUT2D eigenvalue weighted by Crippen LogP contribution is -2.29. The maximum Gasteiger partial charge on any atom is 0.301 e. The average Bonchev–Trinajstić information content (AvgIpc) is 3.47. The molecule has 1 N–H and O–H groups in total. The maximum atomic E-state index is 13.3. The number of benzene rings is 3. The van der Waals surface area contributed by atoms with Gasteiger partial charge in [-0.15, -0.1) is 10.2 Å². The highest BCUT2D eigenvalue weighted by Crippen LogP contribution is 2.43. The number of aryl methyl sites for hydroxylation is 2. The highest BCUT2D eigenvalue weighted by Gasteiger charge is 2.48. The SMILES string of the molecule is COc1ccc([C@@H]2C(=C(O)c3ccc(OCc4cccc(C)c4)cc3)C(=O)C(=O)N2c2nnc(C)s2)cc1. The summed E-state index contributed by atoms with van der Waals surface area (Å²) in [4.78, 5) is 27.8. The van der Waals surface area contributed by atoms with Crippen LogP contribution in [0.1, 0.15) is 33.3 Å². The summed E-state index contributed by atoms with van der Waals surface area (Å²) >= 11 is 1.20. The van der Waals surface area contributed by atoms with Crippen LogP contribution in [0.5, 0.6) is 11.5 Å². The van der Waals surface area contributed by atoms with Crippen LogP contribution in [0.15, 0.2) is 78.4 Å². The van der Waals surface area contributed by atoms with E-state index < -0.39 is 17.7 Å². The summed E-state index contributed by atoms with van der Waals surface area (Å²) in [5, 5.41) is 20.4. The summed E-state index contributed by atoms with van der Waals surface area (Å²) < 4.78 is 11.1. The smallest absolute Gasteiger partial charge is 0.301 e. The number of aliphatic hydroxyl groups is 1. The molecule has 1 atom stereocenters.